The van der Waals surface area contributed by atoms with Crippen LogP contribution < -0.4 is 14.8 Å². The van der Waals surface area contributed by atoms with Gasteiger partial charge < -0.3 is 14.8 Å². The van der Waals surface area contributed by atoms with Crippen molar-refractivity contribution in [3.05, 3.63) is 51.1 Å². The molecule has 0 bridgehead atoms. The number of nitrogens with one attached hydrogen (secondary N) is 1. The molecular weight excluding hydrogens is 377 g/mol. The van der Waals surface area contributed by atoms with Crippen LogP contribution in [0.3, 0.4) is 0 Å². The van der Waals surface area contributed by atoms with Gasteiger partial charge in [0.05, 0.1) is 20.3 Å². The Balaban J connectivity index is 2.25. The second-order valence-electron chi connectivity index (χ2n) is 4.93. The van der Waals surface area contributed by atoms with E-state index in [1.165, 1.54) is 9.13 Å². The zero-order valence-corrected chi connectivity index (χ0v) is 14.9. The molecule has 0 aliphatic rings. The first kappa shape index (κ1) is 15.9. The highest BCUT2D eigenvalue weighted by atomic mass is 127. The molecule has 0 saturated heterocycles. The van der Waals surface area contributed by atoms with Crippen LogP contribution >= 0.6 is 22.6 Å². The van der Waals surface area contributed by atoms with Crippen molar-refractivity contribution in [2.24, 2.45) is 0 Å². The van der Waals surface area contributed by atoms with Gasteiger partial charge in [-0.05, 0) is 72.3 Å². The Morgan fingerprint density at radius 3 is 2.43 bits per heavy atom. The Kier molecular flexibility index (Phi) is 5.33. The average Bonchev–Trinajstić information content (AvgIpc) is 2.49. The third kappa shape index (κ3) is 3.81. The number of hydrogen-bond acceptors (Lipinski definition) is 3. The summed E-state index contributed by atoms with van der Waals surface area (Å²) in [5.74, 6) is 1.63. The van der Waals surface area contributed by atoms with Crippen LogP contribution in [-0.4, -0.2) is 14.2 Å². The smallest absolute Gasteiger partial charge is 0.127 e. The summed E-state index contributed by atoms with van der Waals surface area (Å²) in [5, 5.41) is 3.54. The van der Waals surface area contributed by atoms with Crippen molar-refractivity contribution in [1.29, 1.82) is 0 Å². The number of anilines is 1. The molecule has 0 aromatic heterocycles. The van der Waals surface area contributed by atoms with E-state index in [0.717, 1.165) is 22.7 Å². The van der Waals surface area contributed by atoms with Gasteiger partial charge in [-0.2, -0.15) is 0 Å². The standard InChI is InChI=1S/C17H20INO2/c1-11-9-13(18)5-8-16(11)19-12(2)15-7-6-14(20-3)10-17(15)21-4/h5-10,12,19H,1-4H3. The zero-order chi connectivity index (χ0) is 15.4. The van der Waals surface area contributed by atoms with Crippen LogP contribution in [0.5, 0.6) is 11.5 Å². The Morgan fingerprint density at radius 2 is 1.81 bits per heavy atom. The molecule has 112 valence electrons. The van der Waals surface area contributed by atoms with Crippen LogP contribution in [0, 0.1) is 10.5 Å². The van der Waals surface area contributed by atoms with E-state index in [1.807, 2.05) is 18.2 Å². The molecule has 1 atom stereocenters. The quantitative estimate of drug-likeness (QED) is 0.736. The summed E-state index contributed by atoms with van der Waals surface area (Å²) in [5.41, 5.74) is 3.48. The predicted molar refractivity (Wildman–Crippen MR) is 95.5 cm³/mol. The van der Waals surface area contributed by atoms with Gasteiger partial charge in [0.1, 0.15) is 11.5 Å². The molecule has 2 aromatic rings. The summed E-state index contributed by atoms with van der Waals surface area (Å²) in [7, 11) is 3.34. The summed E-state index contributed by atoms with van der Waals surface area (Å²) >= 11 is 2.32. The Labute approximate surface area is 139 Å². The van der Waals surface area contributed by atoms with E-state index >= 15 is 0 Å². The number of ether oxygens (including phenoxy) is 2. The van der Waals surface area contributed by atoms with E-state index in [0.29, 0.717) is 0 Å². The molecule has 0 aliphatic carbocycles. The molecule has 0 heterocycles. The van der Waals surface area contributed by atoms with Gasteiger partial charge in [0.25, 0.3) is 0 Å². The van der Waals surface area contributed by atoms with Crippen molar-refractivity contribution in [2.75, 3.05) is 19.5 Å². The molecule has 1 N–H and O–H groups in total. The maximum Gasteiger partial charge on any atom is 0.127 e. The van der Waals surface area contributed by atoms with Crippen molar-refractivity contribution in [3.8, 4) is 11.5 Å². The molecule has 0 spiro atoms. The fraction of sp³-hybridized carbons (Fsp3) is 0.294. The molecule has 3 nitrogen and oxygen atoms in total. The molecular formula is C17H20INO2. The summed E-state index contributed by atoms with van der Waals surface area (Å²) in [6.45, 7) is 4.24. The van der Waals surface area contributed by atoms with Crippen molar-refractivity contribution < 1.29 is 9.47 Å². The van der Waals surface area contributed by atoms with Gasteiger partial charge in [-0.25, -0.2) is 0 Å². The van der Waals surface area contributed by atoms with Crippen LogP contribution in [0.25, 0.3) is 0 Å². The molecule has 21 heavy (non-hydrogen) atoms. The minimum absolute atomic E-state index is 0.143. The minimum atomic E-state index is 0.143. The van der Waals surface area contributed by atoms with E-state index in [2.05, 4.69) is 60.0 Å². The van der Waals surface area contributed by atoms with E-state index in [9.17, 15) is 0 Å². The van der Waals surface area contributed by atoms with Crippen LogP contribution in [0.15, 0.2) is 36.4 Å². The largest absolute Gasteiger partial charge is 0.497 e. The monoisotopic (exact) mass is 397 g/mol. The van der Waals surface area contributed by atoms with Gasteiger partial charge in [-0.1, -0.05) is 0 Å². The first-order valence-corrected chi connectivity index (χ1v) is 7.87. The number of benzene rings is 2. The number of methoxy groups -OCH3 is 2. The van der Waals surface area contributed by atoms with E-state index in [-0.39, 0.29) is 6.04 Å². The van der Waals surface area contributed by atoms with Gasteiger partial charge in [0, 0.05) is 20.9 Å². The SMILES string of the molecule is COc1ccc(C(C)Nc2ccc(I)cc2C)c(OC)c1. The second-order valence-corrected chi connectivity index (χ2v) is 6.18. The van der Waals surface area contributed by atoms with Crippen LogP contribution in [-0.2, 0) is 0 Å². The molecule has 4 heteroatoms. The third-order valence-electron chi connectivity index (χ3n) is 3.47. The Hall–Kier alpha value is -1.43. The summed E-state index contributed by atoms with van der Waals surface area (Å²) in [6, 6.07) is 12.4. The third-order valence-corrected chi connectivity index (χ3v) is 4.14. The summed E-state index contributed by atoms with van der Waals surface area (Å²) in [4.78, 5) is 0. The number of rotatable bonds is 5. The second kappa shape index (κ2) is 7.02. The average molecular weight is 397 g/mol. The van der Waals surface area contributed by atoms with Gasteiger partial charge in [-0.15, -0.1) is 0 Å². The molecule has 0 amide bonds. The maximum absolute atomic E-state index is 5.47. The van der Waals surface area contributed by atoms with E-state index in [4.69, 9.17) is 9.47 Å². The van der Waals surface area contributed by atoms with Crippen molar-refractivity contribution in [3.63, 3.8) is 0 Å². The molecule has 1 unspecified atom stereocenters. The topological polar surface area (TPSA) is 30.5 Å². The van der Waals surface area contributed by atoms with Gasteiger partial charge >= 0.3 is 0 Å². The normalized spacial score (nSPS) is 11.9. The van der Waals surface area contributed by atoms with Gasteiger partial charge in [0.2, 0.25) is 0 Å². The van der Waals surface area contributed by atoms with Crippen molar-refractivity contribution in [1.82, 2.24) is 0 Å². The Bertz CT molecular complexity index is 628. The fourth-order valence-corrected chi connectivity index (χ4v) is 2.92. The van der Waals surface area contributed by atoms with Gasteiger partial charge in [-0.3, -0.25) is 0 Å². The first-order chi connectivity index (χ1) is 10.0. The first-order valence-electron chi connectivity index (χ1n) is 6.79. The summed E-state index contributed by atoms with van der Waals surface area (Å²) in [6.07, 6.45) is 0. The molecule has 0 fully saturated rings. The lowest BCUT2D eigenvalue weighted by molar-refractivity contribution is 0.390. The predicted octanol–water partition coefficient (Wildman–Crippen LogP) is 4.79. The lowest BCUT2D eigenvalue weighted by Crippen LogP contribution is -2.09. The van der Waals surface area contributed by atoms with Crippen molar-refractivity contribution >= 4 is 28.3 Å². The van der Waals surface area contributed by atoms with Crippen LogP contribution in [0.4, 0.5) is 5.69 Å². The number of hydrogen-bond donors (Lipinski definition) is 1. The molecule has 0 saturated carbocycles. The highest BCUT2D eigenvalue weighted by molar-refractivity contribution is 14.1. The summed E-state index contributed by atoms with van der Waals surface area (Å²) < 4.78 is 12.0. The highest BCUT2D eigenvalue weighted by Gasteiger charge is 2.13. The van der Waals surface area contributed by atoms with Crippen molar-refractivity contribution in [2.45, 2.75) is 19.9 Å². The zero-order valence-electron chi connectivity index (χ0n) is 12.7. The number of aryl methyl sites for hydroxylation is 1. The highest BCUT2D eigenvalue weighted by Crippen LogP contribution is 2.32. The van der Waals surface area contributed by atoms with E-state index in [1.54, 1.807) is 14.2 Å². The maximum atomic E-state index is 5.47. The Morgan fingerprint density at radius 1 is 1.05 bits per heavy atom. The minimum Gasteiger partial charge on any atom is -0.497 e. The van der Waals surface area contributed by atoms with Gasteiger partial charge in [0.15, 0.2) is 0 Å². The van der Waals surface area contributed by atoms with E-state index < -0.39 is 0 Å². The molecule has 2 rings (SSSR count). The molecule has 2 aromatic carbocycles. The van der Waals surface area contributed by atoms with Crippen LogP contribution in [0.1, 0.15) is 24.1 Å². The molecule has 0 radical (unpaired) electrons. The lowest BCUT2D eigenvalue weighted by Gasteiger charge is -2.20. The molecule has 0 aliphatic heterocycles. The number of halogens is 1. The van der Waals surface area contributed by atoms with Crippen LogP contribution in [0.2, 0.25) is 0 Å². The lowest BCUT2D eigenvalue weighted by atomic mass is 10.1. The fourth-order valence-electron chi connectivity index (χ4n) is 2.28.